The maximum absolute atomic E-state index is 5.91. The largest absolute Gasteiger partial charge is 0.368 e. The molecule has 2 N–H and O–H groups in total. The highest BCUT2D eigenvalue weighted by molar-refractivity contribution is 6.29. The predicted octanol–water partition coefficient (Wildman–Crippen LogP) is 3.18. The van der Waals surface area contributed by atoms with Gasteiger partial charge in [0.15, 0.2) is 0 Å². The zero-order valence-corrected chi connectivity index (χ0v) is 11.1. The summed E-state index contributed by atoms with van der Waals surface area (Å²) in [5.41, 5.74) is 7.88. The van der Waals surface area contributed by atoms with Crippen LogP contribution in [0.25, 0.3) is 0 Å². The lowest BCUT2D eigenvalue weighted by Crippen LogP contribution is -2.18. The fraction of sp³-hybridized carbons (Fsp3) is 0.231. The van der Waals surface area contributed by atoms with Crippen LogP contribution in [0.2, 0.25) is 5.15 Å². The fourth-order valence-corrected chi connectivity index (χ4v) is 2.02. The van der Waals surface area contributed by atoms with Crippen molar-refractivity contribution in [2.45, 2.75) is 13.8 Å². The molecule has 0 radical (unpaired) electrons. The summed E-state index contributed by atoms with van der Waals surface area (Å²) >= 11 is 5.91. The third-order valence-corrected chi connectivity index (χ3v) is 2.80. The summed E-state index contributed by atoms with van der Waals surface area (Å²) in [7, 11) is 0. The number of nitrogens with two attached hydrogens (primary N) is 1. The van der Waals surface area contributed by atoms with Gasteiger partial charge < -0.3 is 10.6 Å². The first-order valence-electron chi connectivity index (χ1n) is 5.74. The Hall–Kier alpha value is -1.81. The number of hydrogen-bond donors (Lipinski definition) is 1. The van der Waals surface area contributed by atoms with Crippen LogP contribution >= 0.6 is 11.6 Å². The smallest absolute Gasteiger partial charge is 0.223 e. The van der Waals surface area contributed by atoms with E-state index in [9.17, 15) is 0 Å². The molecule has 0 saturated heterocycles. The van der Waals surface area contributed by atoms with Crippen LogP contribution < -0.4 is 10.6 Å². The van der Waals surface area contributed by atoms with Gasteiger partial charge in [-0.3, -0.25) is 0 Å². The highest BCUT2D eigenvalue weighted by Gasteiger charge is 2.10. The van der Waals surface area contributed by atoms with Crippen molar-refractivity contribution < 1.29 is 0 Å². The topological polar surface area (TPSA) is 55.0 Å². The number of halogens is 1. The molecule has 5 heteroatoms. The van der Waals surface area contributed by atoms with Gasteiger partial charge in [-0.15, -0.1) is 0 Å². The van der Waals surface area contributed by atoms with E-state index in [0.29, 0.717) is 11.0 Å². The van der Waals surface area contributed by atoms with E-state index in [4.69, 9.17) is 17.3 Å². The maximum Gasteiger partial charge on any atom is 0.223 e. The van der Waals surface area contributed by atoms with Gasteiger partial charge in [-0.05, 0) is 31.5 Å². The van der Waals surface area contributed by atoms with E-state index >= 15 is 0 Å². The SMILES string of the molecule is CCN(c1cccc(C)c1)c1cc(Cl)nc(N)n1. The summed E-state index contributed by atoms with van der Waals surface area (Å²) in [6.45, 7) is 4.88. The van der Waals surface area contributed by atoms with Gasteiger partial charge >= 0.3 is 0 Å². The van der Waals surface area contributed by atoms with Crippen LogP contribution in [-0.4, -0.2) is 16.5 Å². The molecule has 0 spiro atoms. The average Bonchev–Trinajstić information content (AvgIpc) is 2.28. The van der Waals surface area contributed by atoms with E-state index in [1.165, 1.54) is 5.56 Å². The summed E-state index contributed by atoms with van der Waals surface area (Å²) in [4.78, 5) is 10.1. The standard InChI is InChI=1S/C13H15ClN4/c1-3-18(10-6-4-5-9(2)7-10)12-8-11(14)16-13(15)17-12/h4-8H,3H2,1-2H3,(H2,15,16,17). The van der Waals surface area contributed by atoms with Crippen LogP contribution in [0, 0.1) is 6.92 Å². The van der Waals surface area contributed by atoms with Crippen LogP contribution in [0.4, 0.5) is 17.5 Å². The number of nitrogen functional groups attached to an aromatic ring is 1. The van der Waals surface area contributed by atoms with E-state index in [0.717, 1.165) is 12.2 Å². The zero-order chi connectivity index (χ0) is 13.1. The van der Waals surface area contributed by atoms with Gasteiger partial charge in [-0.25, -0.2) is 4.98 Å². The zero-order valence-electron chi connectivity index (χ0n) is 10.4. The first-order valence-corrected chi connectivity index (χ1v) is 6.12. The predicted molar refractivity (Wildman–Crippen MR) is 75.3 cm³/mol. The van der Waals surface area contributed by atoms with Crippen LogP contribution in [-0.2, 0) is 0 Å². The Labute approximate surface area is 111 Å². The molecular weight excluding hydrogens is 248 g/mol. The van der Waals surface area contributed by atoms with Gasteiger partial charge in [0.1, 0.15) is 11.0 Å². The second-order valence-electron chi connectivity index (χ2n) is 3.99. The van der Waals surface area contributed by atoms with Gasteiger partial charge in [0.2, 0.25) is 5.95 Å². The van der Waals surface area contributed by atoms with Crippen LogP contribution in [0.1, 0.15) is 12.5 Å². The molecular formula is C13H15ClN4. The van der Waals surface area contributed by atoms with Crippen LogP contribution in [0.3, 0.4) is 0 Å². The molecule has 0 bridgehead atoms. The Balaban J connectivity index is 2.45. The number of benzene rings is 1. The Morgan fingerprint density at radius 1 is 1.28 bits per heavy atom. The molecule has 0 aliphatic heterocycles. The number of rotatable bonds is 3. The lowest BCUT2D eigenvalue weighted by Gasteiger charge is -2.22. The maximum atomic E-state index is 5.91. The molecule has 1 aromatic heterocycles. The molecule has 1 heterocycles. The number of nitrogens with zero attached hydrogens (tertiary/aromatic N) is 3. The van der Waals surface area contributed by atoms with Crippen molar-refractivity contribution in [3.05, 3.63) is 41.0 Å². The van der Waals surface area contributed by atoms with Gasteiger partial charge in [-0.1, -0.05) is 23.7 Å². The van der Waals surface area contributed by atoms with Crippen molar-refractivity contribution in [1.82, 2.24) is 9.97 Å². The van der Waals surface area contributed by atoms with E-state index < -0.39 is 0 Å². The summed E-state index contributed by atoms with van der Waals surface area (Å²) in [5, 5.41) is 0.351. The third-order valence-electron chi connectivity index (χ3n) is 2.60. The van der Waals surface area contributed by atoms with Gasteiger partial charge in [0.05, 0.1) is 0 Å². The molecule has 18 heavy (non-hydrogen) atoms. The monoisotopic (exact) mass is 262 g/mol. The van der Waals surface area contributed by atoms with Crippen molar-refractivity contribution >= 4 is 29.1 Å². The average molecular weight is 263 g/mol. The van der Waals surface area contributed by atoms with Crippen molar-refractivity contribution in [3.8, 4) is 0 Å². The highest BCUT2D eigenvalue weighted by atomic mass is 35.5. The molecule has 0 aliphatic rings. The molecule has 0 saturated carbocycles. The first kappa shape index (κ1) is 12.6. The van der Waals surface area contributed by atoms with E-state index in [2.05, 4.69) is 35.9 Å². The molecule has 0 amide bonds. The summed E-state index contributed by atoms with van der Waals surface area (Å²) in [6, 6.07) is 9.90. The van der Waals surface area contributed by atoms with Crippen LogP contribution in [0.5, 0.6) is 0 Å². The lowest BCUT2D eigenvalue weighted by molar-refractivity contribution is 0.979. The Morgan fingerprint density at radius 3 is 2.67 bits per heavy atom. The normalized spacial score (nSPS) is 10.4. The number of aromatic nitrogens is 2. The molecule has 94 valence electrons. The summed E-state index contributed by atoms with van der Waals surface area (Å²) in [6.07, 6.45) is 0. The highest BCUT2D eigenvalue weighted by Crippen LogP contribution is 2.26. The first-order chi connectivity index (χ1) is 8.60. The molecule has 1 aromatic carbocycles. The van der Waals surface area contributed by atoms with E-state index in [1.807, 2.05) is 17.0 Å². The number of aryl methyl sites for hydroxylation is 1. The van der Waals surface area contributed by atoms with Crippen molar-refractivity contribution in [1.29, 1.82) is 0 Å². The molecule has 0 atom stereocenters. The number of hydrogen-bond acceptors (Lipinski definition) is 4. The second-order valence-corrected chi connectivity index (χ2v) is 4.38. The summed E-state index contributed by atoms with van der Waals surface area (Å²) < 4.78 is 0. The van der Waals surface area contributed by atoms with Crippen molar-refractivity contribution in [2.75, 3.05) is 17.2 Å². The molecule has 0 fully saturated rings. The van der Waals surface area contributed by atoms with E-state index in [-0.39, 0.29) is 5.95 Å². The van der Waals surface area contributed by atoms with Crippen molar-refractivity contribution in [3.63, 3.8) is 0 Å². The molecule has 2 rings (SSSR count). The minimum Gasteiger partial charge on any atom is -0.368 e. The number of anilines is 3. The molecule has 0 unspecified atom stereocenters. The third kappa shape index (κ3) is 2.71. The fourth-order valence-electron chi connectivity index (χ4n) is 1.83. The Bertz CT molecular complexity index is 536. The second kappa shape index (κ2) is 5.23. The quantitative estimate of drug-likeness (QED) is 0.863. The molecule has 4 nitrogen and oxygen atoms in total. The Kier molecular flexibility index (Phi) is 3.67. The minimum absolute atomic E-state index is 0.184. The van der Waals surface area contributed by atoms with Gasteiger partial charge in [0, 0.05) is 18.3 Å². The molecule has 2 aromatic rings. The lowest BCUT2D eigenvalue weighted by atomic mass is 10.2. The van der Waals surface area contributed by atoms with Gasteiger partial charge in [0.25, 0.3) is 0 Å². The van der Waals surface area contributed by atoms with E-state index in [1.54, 1.807) is 6.07 Å². The molecule has 0 aliphatic carbocycles. The summed E-state index contributed by atoms with van der Waals surface area (Å²) in [5.74, 6) is 0.893. The van der Waals surface area contributed by atoms with Gasteiger partial charge in [-0.2, -0.15) is 4.98 Å². The minimum atomic E-state index is 0.184. The Morgan fingerprint density at radius 2 is 2.06 bits per heavy atom. The van der Waals surface area contributed by atoms with Crippen LogP contribution in [0.15, 0.2) is 30.3 Å². The van der Waals surface area contributed by atoms with Crippen molar-refractivity contribution in [2.24, 2.45) is 0 Å².